The molecule has 4 heterocycles. The van der Waals surface area contributed by atoms with Gasteiger partial charge in [0.25, 0.3) is 0 Å². The molecule has 13 heteroatoms. The maximum absolute atomic E-state index is 12.7. The molecule has 0 amide bonds. The summed E-state index contributed by atoms with van der Waals surface area (Å²) in [6.45, 7) is 3.06. The van der Waals surface area contributed by atoms with Gasteiger partial charge in [0.05, 0.1) is 22.8 Å². The zero-order valence-electron chi connectivity index (χ0n) is 19.1. The topological polar surface area (TPSA) is 161 Å². The summed E-state index contributed by atoms with van der Waals surface area (Å²) < 4.78 is 23.7. The highest BCUT2D eigenvalue weighted by Gasteiger charge is 2.28. The fourth-order valence-corrected chi connectivity index (χ4v) is 4.65. The molecule has 1 aliphatic rings. The van der Waals surface area contributed by atoms with Gasteiger partial charge in [-0.15, -0.1) is 0 Å². The molecule has 0 spiro atoms. The third-order valence-electron chi connectivity index (χ3n) is 5.07. The number of fused-ring (bicyclic) bond motifs is 2. The first-order valence-electron chi connectivity index (χ1n) is 10.8. The van der Waals surface area contributed by atoms with Gasteiger partial charge in [0, 0.05) is 11.9 Å². The van der Waals surface area contributed by atoms with Gasteiger partial charge < -0.3 is 20.7 Å². The summed E-state index contributed by atoms with van der Waals surface area (Å²) in [6, 6.07) is 9.03. The van der Waals surface area contributed by atoms with Crippen molar-refractivity contribution in [1.82, 2.24) is 29.2 Å². The van der Waals surface area contributed by atoms with Crippen LogP contribution < -0.4 is 10.5 Å². The molecule has 3 atom stereocenters. The molecule has 0 radical (unpaired) electrons. The van der Waals surface area contributed by atoms with E-state index in [0.29, 0.717) is 33.6 Å². The van der Waals surface area contributed by atoms with Gasteiger partial charge in [0.1, 0.15) is 34.2 Å². The third kappa shape index (κ3) is 6.48. The number of anilines is 1. The second-order valence-electron chi connectivity index (χ2n) is 8.47. The fourth-order valence-electron chi connectivity index (χ4n) is 3.57. The largest absolute Gasteiger partial charge is 0.382 e. The number of benzene rings is 1. The number of nitrogens with one attached hydrogen (secondary N) is 1. The van der Waals surface area contributed by atoms with Crippen molar-refractivity contribution in [2.24, 2.45) is 0 Å². The molecule has 1 aliphatic heterocycles. The van der Waals surface area contributed by atoms with Gasteiger partial charge >= 0.3 is 0 Å². The van der Waals surface area contributed by atoms with E-state index in [2.05, 4.69) is 24.7 Å². The molecule has 3 aromatic heterocycles. The van der Waals surface area contributed by atoms with E-state index in [9.17, 15) is 4.21 Å². The molecule has 0 saturated carbocycles. The Bertz CT molecular complexity index is 1350. The lowest BCUT2D eigenvalue weighted by atomic mass is 10.2. The van der Waals surface area contributed by atoms with Crippen LogP contribution in [-0.4, -0.2) is 57.4 Å². The Morgan fingerprint density at radius 3 is 2.77 bits per heavy atom. The molecule has 5 N–H and O–H groups in total. The Labute approximate surface area is 208 Å². The van der Waals surface area contributed by atoms with Crippen LogP contribution in [0.2, 0.25) is 5.15 Å². The molecule has 1 aromatic carbocycles. The van der Waals surface area contributed by atoms with Gasteiger partial charge in [-0.05, 0) is 57.0 Å². The third-order valence-corrected chi connectivity index (χ3v) is 6.39. The van der Waals surface area contributed by atoms with Crippen molar-refractivity contribution in [1.29, 1.82) is 0 Å². The van der Waals surface area contributed by atoms with Crippen molar-refractivity contribution >= 4 is 50.5 Å². The Balaban J connectivity index is 0.000000527. The van der Waals surface area contributed by atoms with E-state index in [1.807, 2.05) is 22.8 Å². The number of hydrogen-bond acceptors (Lipinski definition) is 9. The molecule has 3 unspecified atom stereocenters. The van der Waals surface area contributed by atoms with Crippen LogP contribution in [0.1, 0.15) is 32.9 Å². The molecular formula is C22H26ClN7O4S. The van der Waals surface area contributed by atoms with E-state index in [4.69, 9.17) is 32.3 Å². The van der Waals surface area contributed by atoms with Crippen LogP contribution in [0.5, 0.6) is 0 Å². The minimum Gasteiger partial charge on any atom is -0.382 e. The first-order chi connectivity index (χ1) is 16.6. The molecule has 0 aliphatic carbocycles. The Kier molecular flexibility index (Phi) is 7.59. The van der Waals surface area contributed by atoms with Crippen LogP contribution in [0, 0.1) is 0 Å². The van der Waals surface area contributed by atoms with E-state index in [0.717, 1.165) is 23.7 Å². The number of nitrogen functional groups attached to an aromatic ring is 1. The molecule has 186 valence electrons. The van der Waals surface area contributed by atoms with Crippen molar-refractivity contribution in [2.45, 2.75) is 49.7 Å². The first kappa shape index (κ1) is 25.4. The molecule has 35 heavy (non-hydrogen) atoms. The minimum absolute atomic E-state index is 0.0727. The quantitative estimate of drug-likeness (QED) is 0.229. The number of aliphatic hydroxyl groups is 2. The lowest BCUT2D eigenvalue weighted by Gasteiger charge is -2.15. The number of ether oxygens (including phenoxy) is 1. The van der Waals surface area contributed by atoms with Crippen molar-refractivity contribution in [2.75, 3.05) is 12.3 Å². The summed E-state index contributed by atoms with van der Waals surface area (Å²) in [6.07, 6.45) is 4.45. The molecule has 1 fully saturated rings. The van der Waals surface area contributed by atoms with Crippen LogP contribution >= 0.6 is 11.6 Å². The maximum atomic E-state index is 12.7. The van der Waals surface area contributed by atoms with Gasteiger partial charge in [-0.25, -0.2) is 28.9 Å². The SMILES string of the molecule is CC(C)(O)O.Nc1ncnc2c1ncn2C1CCC(CNS(=O)c2ccc3nc(Cl)ccc3c2)O1. The van der Waals surface area contributed by atoms with Gasteiger partial charge in [0.2, 0.25) is 0 Å². The standard InChI is InChI=1S/C19H18ClN7O2S.C3H8O2/c20-15-5-1-11-7-13(3-4-14(11)26-15)30(28)25-8-12-2-6-16(29-12)27-10-24-17-18(21)22-9-23-19(17)27;1-3(2,4)5/h1,3-5,7,9-10,12,16,25H,2,6,8H2,(H2,21,22,23);4-5H,1-2H3. The lowest BCUT2D eigenvalue weighted by Crippen LogP contribution is -2.28. The van der Waals surface area contributed by atoms with Crippen molar-refractivity contribution in [3.8, 4) is 0 Å². The summed E-state index contributed by atoms with van der Waals surface area (Å²) in [5.74, 6) is -1.15. The first-order valence-corrected chi connectivity index (χ1v) is 12.4. The highest BCUT2D eigenvalue weighted by molar-refractivity contribution is 7.83. The van der Waals surface area contributed by atoms with Crippen LogP contribution in [0.15, 0.2) is 47.9 Å². The molecule has 1 saturated heterocycles. The second kappa shape index (κ2) is 10.5. The van der Waals surface area contributed by atoms with E-state index in [1.165, 1.54) is 20.2 Å². The number of halogens is 1. The average molecular weight is 520 g/mol. The number of hydrogen-bond donors (Lipinski definition) is 4. The molecular weight excluding hydrogens is 494 g/mol. The van der Waals surface area contributed by atoms with E-state index in [1.54, 1.807) is 18.5 Å². The average Bonchev–Trinajstić information content (AvgIpc) is 3.43. The van der Waals surface area contributed by atoms with Crippen molar-refractivity contribution in [3.63, 3.8) is 0 Å². The Morgan fingerprint density at radius 1 is 1.23 bits per heavy atom. The molecule has 5 rings (SSSR count). The predicted octanol–water partition coefficient (Wildman–Crippen LogP) is 2.31. The lowest BCUT2D eigenvalue weighted by molar-refractivity contribution is -0.127. The van der Waals surface area contributed by atoms with Crippen LogP contribution in [0.3, 0.4) is 0 Å². The highest BCUT2D eigenvalue weighted by atomic mass is 35.5. The summed E-state index contributed by atoms with van der Waals surface area (Å²) in [5, 5.41) is 17.5. The number of rotatable bonds is 5. The van der Waals surface area contributed by atoms with Gasteiger partial charge in [-0.2, -0.15) is 0 Å². The minimum atomic E-state index is -1.50. The van der Waals surface area contributed by atoms with Crippen LogP contribution in [0.4, 0.5) is 5.82 Å². The highest BCUT2D eigenvalue weighted by Crippen LogP contribution is 2.31. The zero-order valence-corrected chi connectivity index (χ0v) is 20.7. The second-order valence-corrected chi connectivity index (χ2v) is 10.2. The number of nitrogens with zero attached hydrogens (tertiary/aromatic N) is 5. The predicted molar refractivity (Wildman–Crippen MR) is 133 cm³/mol. The normalized spacial score (nSPS) is 19.0. The fraction of sp³-hybridized carbons (Fsp3) is 0.364. The molecule has 0 bridgehead atoms. The monoisotopic (exact) mass is 519 g/mol. The van der Waals surface area contributed by atoms with E-state index in [-0.39, 0.29) is 12.3 Å². The molecule has 11 nitrogen and oxygen atoms in total. The maximum Gasteiger partial charge on any atom is 0.167 e. The van der Waals surface area contributed by atoms with Crippen molar-refractivity contribution in [3.05, 3.63) is 48.1 Å². The van der Waals surface area contributed by atoms with Gasteiger partial charge in [-0.1, -0.05) is 11.6 Å². The van der Waals surface area contributed by atoms with E-state index >= 15 is 0 Å². The van der Waals surface area contributed by atoms with Gasteiger partial charge in [0.15, 0.2) is 17.3 Å². The zero-order chi connectivity index (χ0) is 25.2. The number of pyridine rings is 1. The van der Waals surface area contributed by atoms with Gasteiger partial charge in [-0.3, -0.25) is 4.57 Å². The van der Waals surface area contributed by atoms with Crippen molar-refractivity contribution < 1.29 is 19.2 Å². The number of imidazole rings is 1. The Hall–Kier alpha value is -2.74. The summed E-state index contributed by atoms with van der Waals surface area (Å²) in [7, 11) is -1.36. The Morgan fingerprint density at radius 2 is 2.00 bits per heavy atom. The number of aromatic nitrogens is 5. The summed E-state index contributed by atoms with van der Waals surface area (Å²) >= 11 is 5.92. The smallest absolute Gasteiger partial charge is 0.167 e. The van der Waals surface area contributed by atoms with Crippen LogP contribution in [-0.2, 0) is 15.7 Å². The van der Waals surface area contributed by atoms with E-state index < -0.39 is 16.8 Å². The molecule has 4 aromatic rings. The summed E-state index contributed by atoms with van der Waals surface area (Å²) in [4.78, 5) is 17.4. The number of nitrogens with two attached hydrogens (primary N) is 1. The summed E-state index contributed by atoms with van der Waals surface area (Å²) in [5.41, 5.74) is 7.83. The van der Waals surface area contributed by atoms with Crippen LogP contribution in [0.25, 0.3) is 22.1 Å².